The Morgan fingerprint density at radius 1 is 1.05 bits per heavy atom. The molecule has 1 aromatic heterocycles. The van der Waals surface area contributed by atoms with Gasteiger partial charge in [0.25, 0.3) is 0 Å². The maximum absolute atomic E-state index is 5.89. The number of benzene rings is 1. The largest absolute Gasteiger partial charge is 0.369 e. The molecule has 1 aliphatic rings. The van der Waals surface area contributed by atoms with Crippen molar-refractivity contribution >= 4 is 17.3 Å². The first-order chi connectivity index (χ1) is 10.2. The molecule has 0 bridgehead atoms. The summed E-state index contributed by atoms with van der Waals surface area (Å²) in [4.78, 5) is 13.3. The normalized spacial score (nSPS) is 16.2. The summed E-state index contributed by atoms with van der Waals surface area (Å²) >= 11 is 5.89. The Hall–Kier alpha value is -1.65. The Balaban J connectivity index is 1.66. The van der Waals surface area contributed by atoms with Crippen LogP contribution in [-0.4, -0.2) is 48.1 Å². The molecular weight excluding hydrogens is 284 g/mol. The molecule has 0 saturated carbocycles. The molecule has 0 radical (unpaired) electrons. The van der Waals surface area contributed by atoms with Crippen LogP contribution < -0.4 is 4.90 Å². The molecule has 0 N–H and O–H groups in total. The first kappa shape index (κ1) is 14.3. The molecule has 1 aromatic carbocycles. The van der Waals surface area contributed by atoms with Crippen molar-refractivity contribution in [3.63, 3.8) is 0 Å². The fourth-order valence-electron chi connectivity index (χ4n) is 2.53. The van der Waals surface area contributed by atoms with E-state index < -0.39 is 0 Å². The molecule has 0 amide bonds. The van der Waals surface area contributed by atoms with E-state index in [1.165, 1.54) is 11.3 Å². The molecule has 1 saturated heterocycles. The van der Waals surface area contributed by atoms with Gasteiger partial charge in [0, 0.05) is 44.5 Å². The summed E-state index contributed by atoms with van der Waals surface area (Å²) in [6, 6.07) is 10.4. The first-order valence-electron chi connectivity index (χ1n) is 7.20. The van der Waals surface area contributed by atoms with Crippen molar-refractivity contribution < 1.29 is 0 Å². The van der Waals surface area contributed by atoms with Crippen LogP contribution >= 0.6 is 11.6 Å². The van der Waals surface area contributed by atoms with Crippen molar-refractivity contribution in [3.8, 4) is 0 Å². The number of halogens is 1. The Bertz CT molecular complexity index is 591. The minimum absolute atomic E-state index is 0.494. The van der Waals surface area contributed by atoms with E-state index in [0.717, 1.165) is 32.0 Å². The van der Waals surface area contributed by atoms with Gasteiger partial charge in [-0.25, -0.2) is 9.97 Å². The van der Waals surface area contributed by atoms with Gasteiger partial charge in [-0.3, -0.25) is 0 Å². The molecule has 0 unspecified atom stereocenters. The number of piperazine rings is 1. The molecule has 2 aromatic rings. The Morgan fingerprint density at radius 2 is 1.76 bits per heavy atom. The number of rotatable bonds is 3. The highest BCUT2D eigenvalue weighted by atomic mass is 35.5. The molecule has 21 heavy (non-hydrogen) atoms. The molecule has 110 valence electrons. The highest BCUT2D eigenvalue weighted by Gasteiger charge is 2.13. The number of hydrogen-bond acceptors (Lipinski definition) is 4. The molecule has 4 nitrogen and oxygen atoms in total. The number of likely N-dealkylation sites (N-methyl/N-ethyl adjacent to an activating group) is 1. The SMILES string of the molecule is CN1CCN(c2ccc(Cc3nccc(Cl)n3)cc2)CC1. The van der Waals surface area contributed by atoms with Crippen LogP contribution in [0.5, 0.6) is 0 Å². The molecule has 5 heteroatoms. The average molecular weight is 303 g/mol. The van der Waals surface area contributed by atoms with Crippen molar-refractivity contribution in [2.75, 3.05) is 38.1 Å². The quantitative estimate of drug-likeness (QED) is 0.815. The first-order valence-corrected chi connectivity index (χ1v) is 7.58. The van der Waals surface area contributed by atoms with Crippen LogP contribution in [0.2, 0.25) is 5.15 Å². The summed E-state index contributed by atoms with van der Waals surface area (Å²) in [5, 5.41) is 0.494. The van der Waals surface area contributed by atoms with Gasteiger partial charge < -0.3 is 9.80 Å². The summed E-state index contributed by atoms with van der Waals surface area (Å²) in [7, 11) is 2.17. The van der Waals surface area contributed by atoms with Gasteiger partial charge in [0.1, 0.15) is 11.0 Å². The summed E-state index contributed by atoms with van der Waals surface area (Å²) < 4.78 is 0. The van der Waals surface area contributed by atoms with Crippen molar-refractivity contribution in [2.24, 2.45) is 0 Å². The smallest absolute Gasteiger partial charge is 0.134 e. The van der Waals surface area contributed by atoms with Crippen molar-refractivity contribution in [1.29, 1.82) is 0 Å². The Morgan fingerprint density at radius 3 is 2.43 bits per heavy atom. The van der Waals surface area contributed by atoms with Crippen LogP contribution in [0.1, 0.15) is 11.4 Å². The van der Waals surface area contributed by atoms with Crippen LogP contribution in [0.25, 0.3) is 0 Å². The van der Waals surface area contributed by atoms with Gasteiger partial charge >= 0.3 is 0 Å². The second-order valence-corrected chi connectivity index (χ2v) is 5.82. The third-order valence-electron chi connectivity index (χ3n) is 3.84. The summed E-state index contributed by atoms with van der Waals surface area (Å²) in [5.74, 6) is 0.759. The highest BCUT2D eigenvalue weighted by Crippen LogP contribution is 2.18. The standard InChI is InChI=1S/C16H19ClN4/c1-20-8-10-21(11-9-20)14-4-2-13(3-5-14)12-16-18-7-6-15(17)19-16/h2-7H,8-12H2,1H3. The van der Waals surface area contributed by atoms with Gasteiger partial charge in [0.2, 0.25) is 0 Å². The number of nitrogens with zero attached hydrogens (tertiary/aromatic N) is 4. The van der Waals surface area contributed by atoms with Crippen molar-refractivity contribution in [3.05, 3.63) is 53.1 Å². The van der Waals surface area contributed by atoms with E-state index in [1.807, 2.05) is 0 Å². The van der Waals surface area contributed by atoms with Gasteiger partial charge in [0.15, 0.2) is 0 Å². The predicted octanol–water partition coefficient (Wildman–Crippen LogP) is 2.47. The van der Waals surface area contributed by atoms with Gasteiger partial charge in [-0.2, -0.15) is 0 Å². The average Bonchev–Trinajstić information content (AvgIpc) is 2.49. The van der Waals surface area contributed by atoms with E-state index in [9.17, 15) is 0 Å². The monoisotopic (exact) mass is 302 g/mol. The van der Waals surface area contributed by atoms with E-state index in [1.54, 1.807) is 12.3 Å². The van der Waals surface area contributed by atoms with Gasteiger partial charge in [-0.1, -0.05) is 23.7 Å². The molecule has 0 spiro atoms. The predicted molar refractivity (Wildman–Crippen MR) is 86.0 cm³/mol. The van der Waals surface area contributed by atoms with Crippen molar-refractivity contribution in [1.82, 2.24) is 14.9 Å². The highest BCUT2D eigenvalue weighted by molar-refractivity contribution is 6.29. The van der Waals surface area contributed by atoms with E-state index in [-0.39, 0.29) is 0 Å². The molecule has 0 atom stereocenters. The Labute approximate surface area is 130 Å². The summed E-state index contributed by atoms with van der Waals surface area (Å²) in [6.45, 7) is 4.43. The minimum atomic E-state index is 0.494. The lowest BCUT2D eigenvalue weighted by atomic mass is 10.1. The van der Waals surface area contributed by atoms with Gasteiger partial charge in [-0.05, 0) is 30.8 Å². The van der Waals surface area contributed by atoms with Crippen molar-refractivity contribution in [2.45, 2.75) is 6.42 Å². The number of aromatic nitrogens is 2. The maximum Gasteiger partial charge on any atom is 0.134 e. The van der Waals surface area contributed by atoms with E-state index in [2.05, 4.69) is 51.1 Å². The zero-order valence-electron chi connectivity index (χ0n) is 12.2. The lowest BCUT2D eigenvalue weighted by molar-refractivity contribution is 0.313. The Kier molecular flexibility index (Phi) is 4.36. The fourth-order valence-corrected chi connectivity index (χ4v) is 2.69. The third-order valence-corrected chi connectivity index (χ3v) is 4.05. The van der Waals surface area contributed by atoms with Crippen LogP contribution in [0.15, 0.2) is 36.5 Å². The zero-order chi connectivity index (χ0) is 14.7. The second kappa shape index (κ2) is 6.41. The topological polar surface area (TPSA) is 32.3 Å². The van der Waals surface area contributed by atoms with Crippen LogP contribution in [0.3, 0.4) is 0 Å². The molecule has 1 fully saturated rings. The van der Waals surface area contributed by atoms with E-state index in [0.29, 0.717) is 11.6 Å². The molecular formula is C16H19ClN4. The summed E-state index contributed by atoms with van der Waals surface area (Å²) in [5.41, 5.74) is 2.49. The lowest BCUT2D eigenvalue weighted by Crippen LogP contribution is -2.44. The van der Waals surface area contributed by atoms with E-state index in [4.69, 9.17) is 11.6 Å². The number of anilines is 1. The zero-order valence-corrected chi connectivity index (χ0v) is 12.9. The van der Waals surface area contributed by atoms with Gasteiger partial charge in [-0.15, -0.1) is 0 Å². The molecule has 2 heterocycles. The molecule has 3 rings (SSSR count). The molecule has 0 aliphatic carbocycles. The maximum atomic E-state index is 5.89. The third kappa shape index (κ3) is 3.71. The molecule has 1 aliphatic heterocycles. The van der Waals surface area contributed by atoms with E-state index >= 15 is 0 Å². The number of hydrogen-bond donors (Lipinski definition) is 0. The second-order valence-electron chi connectivity index (χ2n) is 5.43. The van der Waals surface area contributed by atoms with Gasteiger partial charge in [0.05, 0.1) is 0 Å². The summed E-state index contributed by atoms with van der Waals surface area (Å²) in [6.07, 6.45) is 2.41. The van der Waals surface area contributed by atoms with Crippen LogP contribution in [-0.2, 0) is 6.42 Å². The van der Waals surface area contributed by atoms with Crippen LogP contribution in [0, 0.1) is 0 Å². The minimum Gasteiger partial charge on any atom is -0.369 e. The fraction of sp³-hybridized carbons (Fsp3) is 0.375. The lowest BCUT2D eigenvalue weighted by Gasteiger charge is -2.34. The van der Waals surface area contributed by atoms with Crippen LogP contribution in [0.4, 0.5) is 5.69 Å².